The molecule has 5 nitrogen and oxygen atoms in total. The van der Waals surface area contributed by atoms with Gasteiger partial charge >= 0.3 is 6.03 Å². The minimum Gasteiger partial charge on any atom is -0.314 e. The molecule has 4 rings (SSSR count). The lowest BCUT2D eigenvalue weighted by Crippen LogP contribution is -2.43. The lowest BCUT2D eigenvalue weighted by Gasteiger charge is -2.23. The van der Waals surface area contributed by atoms with Gasteiger partial charge in [0.15, 0.2) is 5.54 Å². The molecular weight excluding hydrogens is 294 g/mol. The Labute approximate surface area is 122 Å². The van der Waals surface area contributed by atoms with Crippen LogP contribution < -0.4 is 5.32 Å². The fourth-order valence-electron chi connectivity index (χ4n) is 3.15. The maximum absolute atomic E-state index is 13.6. The Morgan fingerprint density at radius 2 is 1.45 bits per heavy atom. The molecule has 2 aromatic rings. The van der Waals surface area contributed by atoms with E-state index in [-0.39, 0.29) is 16.2 Å². The van der Waals surface area contributed by atoms with Crippen LogP contribution in [0.3, 0.4) is 0 Å². The second-order valence-corrected chi connectivity index (χ2v) is 5.18. The van der Waals surface area contributed by atoms with E-state index in [9.17, 15) is 23.6 Å². The molecule has 3 amide bonds. The van der Waals surface area contributed by atoms with Crippen molar-refractivity contribution in [3.8, 4) is 11.1 Å². The van der Waals surface area contributed by atoms with Crippen molar-refractivity contribution >= 4 is 11.9 Å². The molecule has 2 aromatic carbocycles. The van der Waals surface area contributed by atoms with E-state index in [1.807, 2.05) is 0 Å². The van der Waals surface area contributed by atoms with Crippen LogP contribution in [0.5, 0.6) is 0 Å². The zero-order chi connectivity index (χ0) is 15.6. The molecule has 1 heterocycles. The SMILES string of the molecule is O=C1NC2(C(=O)N1O)c1cc(F)ccc1-c1ccc(F)cc12. The maximum atomic E-state index is 13.6. The summed E-state index contributed by atoms with van der Waals surface area (Å²) in [5, 5.41) is 11.8. The van der Waals surface area contributed by atoms with Crippen molar-refractivity contribution in [3.63, 3.8) is 0 Å². The molecule has 0 bridgehead atoms. The Morgan fingerprint density at radius 1 is 0.955 bits per heavy atom. The minimum absolute atomic E-state index is 0.0747. The van der Waals surface area contributed by atoms with Gasteiger partial charge in [-0.2, -0.15) is 0 Å². The molecule has 7 heteroatoms. The zero-order valence-corrected chi connectivity index (χ0v) is 10.9. The number of imide groups is 1. The summed E-state index contributed by atoms with van der Waals surface area (Å²) in [6, 6.07) is 6.49. The molecular formula is C15H8F2N2O3. The smallest absolute Gasteiger partial charge is 0.314 e. The van der Waals surface area contributed by atoms with Crippen molar-refractivity contribution in [1.82, 2.24) is 10.4 Å². The summed E-state index contributed by atoms with van der Waals surface area (Å²) in [4.78, 5) is 24.1. The molecule has 0 saturated carbocycles. The number of hydrogen-bond donors (Lipinski definition) is 2. The lowest BCUT2D eigenvalue weighted by molar-refractivity contribution is -0.151. The van der Waals surface area contributed by atoms with Crippen LogP contribution in [-0.2, 0) is 10.3 Å². The normalized spacial score (nSPS) is 17.7. The van der Waals surface area contributed by atoms with E-state index >= 15 is 0 Å². The summed E-state index contributed by atoms with van der Waals surface area (Å²) in [6.07, 6.45) is 0. The van der Waals surface area contributed by atoms with Crippen molar-refractivity contribution in [3.05, 3.63) is 59.2 Å². The first-order chi connectivity index (χ1) is 10.4. The van der Waals surface area contributed by atoms with Crippen molar-refractivity contribution in [2.24, 2.45) is 0 Å². The molecule has 2 aliphatic rings. The van der Waals surface area contributed by atoms with Gasteiger partial charge in [0.25, 0.3) is 5.91 Å². The predicted octanol–water partition coefficient (Wildman–Crippen LogP) is 2.13. The van der Waals surface area contributed by atoms with Crippen LogP contribution in [0, 0.1) is 11.6 Å². The molecule has 0 radical (unpaired) electrons. The van der Waals surface area contributed by atoms with Crippen LogP contribution in [-0.4, -0.2) is 22.2 Å². The summed E-state index contributed by atoms with van der Waals surface area (Å²) in [5.41, 5.74) is -0.465. The second-order valence-electron chi connectivity index (χ2n) is 5.18. The second kappa shape index (κ2) is 3.89. The maximum Gasteiger partial charge on any atom is 0.350 e. The highest BCUT2D eigenvalue weighted by atomic mass is 19.1. The van der Waals surface area contributed by atoms with Crippen LogP contribution in [0.4, 0.5) is 13.6 Å². The monoisotopic (exact) mass is 302 g/mol. The van der Waals surface area contributed by atoms with Gasteiger partial charge in [-0.1, -0.05) is 12.1 Å². The van der Waals surface area contributed by atoms with E-state index in [1.165, 1.54) is 24.3 Å². The number of rotatable bonds is 0. The molecule has 0 unspecified atom stereocenters. The van der Waals surface area contributed by atoms with Crippen LogP contribution in [0.1, 0.15) is 11.1 Å². The van der Waals surface area contributed by atoms with Gasteiger partial charge in [-0.15, -0.1) is 5.06 Å². The van der Waals surface area contributed by atoms with Crippen LogP contribution in [0.15, 0.2) is 36.4 Å². The number of nitrogens with zero attached hydrogens (tertiary/aromatic N) is 1. The first-order valence-electron chi connectivity index (χ1n) is 6.41. The van der Waals surface area contributed by atoms with E-state index in [2.05, 4.69) is 5.32 Å². The summed E-state index contributed by atoms with van der Waals surface area (Å²) in [7, 11) is 0. The number of carbonyl (C=O) groups excluding carboxylic acids is 2. The molecule has 22 heavy (non-hydrogen) atoms. The molecule has 1 spiro atoms. The third-order valence-corrected chi connectivity index (χ3v) is 4.06. The standard InChI is InChI=1S/C15H8F2N2O3/c16-7-1-3-9-10-4-2-8(17)6-12(10)15(11(9)5-7)13(20)19(22)14(21)18-15/h1-6,22H,(H,18,21). The van der Waals surface area contributed by atoms with Crippen molar-refractivity contribution in [2.75, 3.05) is 0 Å². The first-order valence-corrected chi connectivity index (χ1v) is 6.41. The molecule has 1 aliphatic heterocycles. The van der Waals surface area contributed by atoms with Crippen LogP contribution in [0.2, 0.25) is 0 Å². The summed E-state index contributed by atoms with van der Waals surface area (Å²) in [6.45, 7) is 0. The van der Waals surface area contributed by atoms with E-state index in [1.54, 1.807) is 0 Å². The van der Waals surface area contributed by atoms with E-state index in [0.29, 0.717) is 11.1 Å². The van der Waals surface area contributed by atoms with Crippen molar-refractivity contribution < 1.29 is 23.6 Å². The highest BCUT2D eigenvalue weighted by Crippen LogP contribution is 2.50. The number of amides is 3. The number of hydroxylamine groups is 2. The van der Waals surface area contributed by atoms with Crippen molar-refractivity contribution in [2.45, 2.75) is 5.54 Å². The van der Waals surface area contributed by atoms with Gasteiger partial charge in [0.2, 0.25) is 0 Å². The minimum atomic E-state index is -1.80. The topological polar surface area (TPSA) is 69.6 Å². The fraction of sp³-hybridized carbons (Fsp3) is 0.0667. The number of urea groups is 1. The van der Waals surface area contributed by atoms with E-state index in [4.69, 9.17) is 0 Å². The highest BCUT2D eigenvalue weighted by molar-refractivity contribution is 6.12. The Balaban J connectivity index is 2.12. The summed E-state index contributed by atoms with van der Waals surface area (Å²) < 4.78 is 27.3. The molecule has 1 saturated heterocycles. The molecule has 1 aliphatic carbocycles. The highest BCUT2D eigenvalue weighted by Gasteiger charge is 2.58. The predicted molar refractivity (Wildman–Crippen MR) is 69.7 cm³/mol. The van der Waals surface area contributed by atoms with Crippen LogP contribution in [0.25, 0.3) is 11.1 Å². The summed E-state index contributed by atoms with van der Waals surface area (Å²) in [5.74, 6) is -2.21. The number of nitrogens with one attached hydrogen (secondary N) is 1. The lowest BCUT2D eigenvalue weighted by atomic mass is 9.87. The van der Waals surface area contributed by atoms with Gasteiger partial charge in [-0.25, -0.2) is 13.6 Å². The molecule has 0 atom stereocenters. The van der Waals surface area contributed by atoms with Gasteiger partial charge in [-0.05, 0) is 35.4 Å². The van der Waals surface area contributed by atoms with Gasteiger partial charge in [0, 0.05) is 11.1 Å². The third kappa shape index (κ3) is 1.33. The number of halogens is 2. The Bertz CT molecular complexity index is 814. The molecule has 2 N–H and O–H groups in total. The third-order valence-electron chi connectivity index (χ3n) is 4.06. The summed E-state index contributed by atoms with van der Waals surface area (Å²) >= 11 is 0. The van der Waals surface area contributed by atoms with Gasteiger partial charge in [0.05, 0.1) is 0 Å². The number of fused-ring (bicyclic) bond motifs is 5. The Kier molecular flexibility index (Phi) is 2.28. The zero-order valence-electron chi connectivity index (χ0n) is 10.9. The average molecular weight is 302 g/mol. The average Bonchev–Trinajstić information content (AvgIpc) is 2.88. The largest absolute Gasteiger partial charge is 0.350 e. The van der Waals surface area contributed by atoms with Gasteiger partial charge in [-0.3, -0.25) is 10.0 Å². The van der Waals surface area contributed by atoms with Crippen LogP contribution >= 0.6 is 0 Å². The molecule has 0 aromatic heterocycles. The van der Waals surface area contributed by atoms with Gasteiger partial charge in [0.1, 0.15) is 11.6 Å². The van der Waals surface area contributed by atoms with Crippen molar-refractivity contribution in [1.29, 1.82) is 0 Å². The number of benzene rings is 2. The Hall–Kier alpha value is -2.80. The van der Waals surface area contributed by atoms with Gasteiger partial charge < -0.3 is 5.32 Å². The fourth-order valence-corrected chi connectivity index (χ4v) is 3.15. The number of carbonyl (C=O) groups is 2. The van der Waals surface area contributed by atoms with E-state index < -0.39 is 29.1 Å². The number of hydrogen-bond acceptors (Lipinski definition) is 3. The molecule has 110 valence electrons. The first kappa shape index (κ1) is 12.9. The van der Waals surface area contributed by atoms with E-state index in [0.717, 1.165) is 12.1 Å². The quantitative estimate of drug-likeness (QED) is 0.578. The Morgan fingerprint density at radius 3 is 1.86 bits per heavy atom. The molecule has 1 fully saturated rings.